The van der Waals surface area contributed by atoms with E-state index in [2.05, 4.69) is 26.7 Å². The summed E-state index contributed by atoms with van der Waals surface area (Å²) in [5.41, 5.74) is 1.28. The predicted octanol–water partition coefficient (Wildman–Crippen LogP) is 4.36. The number of nitriles is 1. The maximum Gasteiger partial charge on any atom is 0.224 e. The maximum absolute atomic E-state index is 13.2. The minimum absolute atomic E-state index is 0.100. The zero-order valence-electron chi connectivity index (χ0n) is 16.2. The third-order valence-electron chi connectivity index (χ3n) is 5.23. The molecule has 1 saturated carbocycles. The number of hydrogen-bond donors (Lipinski definition) is 2. The first-order valence-electron chi connectivity index (χ1n) is 9.68. The van der Waals surface area contributed by atoms with Crippen LogP contribution in [0.3, 0.4) is 0 Å². The normalized spacial score (nSPS) is 18.7. The first-order chi connectivity index (χ1) is 14.0. The van der Waals surface area contributed by atoms with Gasteiger partial charge in [-0.25, -0.2) is 9.37 Å². The number of aromatic nitrogens is 2. The van der Waals surface area contributed by atoms with Crippen molar-refractivity contribution in [3.8, 4) is 6.07 Å². The van der Waals surface area contributed by atoms with Gasteiger partial charge in [-0.15, -0.1) is 0 Å². The van der Waals surface area contributed by atoms with E-state index in [0.29, 0.717) is 30.3 Å². The molecule has 2 aromatic rings. The number of ketones is 1. The van der Waals surface area contributed by atoms with Gasteiger partial charge in [0.25, 0.3) is 0 Å². The first-order valence-corrected chi connectivity index (χ1v) is 10.1. The number of rotatable bonds is 7. The van der Waals surface area contributed by atoms with E-state index in [1.54, 1.807) is 19.1 Å². The first kappa shape index (κ1) is 21.0. The summed E-state index contributed by atoms with van der Waals surface area (Å²) in [6.07, 6.45) is 5.56. The quantitative estimate of drug-likeness (QED) is 0.698. The second-order valence-electron chi connectivity index (χ2n) is 7.30. The van der Waals surface area contributed by atoms with Crippen molar-refractivity contribution in [2.24, 2.45) is 5.92 Å². The summed E-state index contributed by atoms with van der Waals surface area (Å²) in [7, 11) is 0. The van der Waals surface area contributed by atoms with Gasteiger partial charge < -0.3 is 10.6 Å². The molecule has 8 heteroatoms. The van der Waals surface area contributed by atoms with Crippen molar-refractivity contribution in [2.75, 3.05) is 17.2 Å². The Labute approximate surface area is 174 Å². The van der Waals surface area contributed by atoms with Gasteiger partial charge >= 0.3 is 0 Å². The Bertz CT molecular complexity index is 922. The van der Waals surface area contributed by atoms with E-state index in [9.17, 15) is 14.4 Å². The maximum atomic E-state index is 13.2. The molecule has 1 aromatic carbocycles. The molecular weight excluding hydrogens is 393 g/mol. The standard InChI is InChI=1S/C21H23ClFN5O/c1-13(29)15-3-5-17(6-4-15)27-20-16(11-24)12-26-21(28-20)25-9-8-14-2-7-19(23)18(22)10-14/h2,7,10,12,15,17H,3-6,8-9H2,1H3,(H2,25,26,27,28)/t15-,17+. The fourth-order valence-electron chi connectivity index (χ4n) is 3.51. The highest BCUT2D eigenvalue weighted by molar-refractivity contribution is 6.30. The molecule has 1 aromatic heterocycles. The molecule has 2 N–H and O–H groups in total. The highest BCUT2D eigenvalue weighted by atomic mass is 35.5. The number of hydrogen-bond acceptors (Lipinski definition) is 6. The fraction of sp³-hybridized carbons (Fsp3) is 0.429. The Hall–Kier alpha value is -2.72. The topological polar surface area (TPSA) is 90.7 Å². The Balaban J connectivity index is 1.59. The van der Waals surface area contributed by atoms with Gasteiger partial charge in [-0.3, -0.25) is 4.79 Å². The number of Topliss-reactive ketones (excluding diaryl/α,β-unsaturated/α-hetero) is 1. The van der Waals surface area contributed by atoms with Crippen LogP contribution in [-0.4, -0.2) is 28.3 Å². The summed E-state index contributed by atoms with van der Waals surface area (Å²) in [6.45, 7) is 2.19. The van der Waals surface area contributed by atoms with Crippen molar-refractivity contribution in [1.82, 2.24) is 9.97 Å². The van der Waals surface area contributed by atoms with Crippen molar-refractivity contribution in [2.45, 2.75) is 45.1 Å². The van der Waals surface area contributed by atoms with Gasteiger partial charge in [0.05, 0.1) is 11.2 Å². The third kappa shape index (κ3) is 5.64. The van der Waals surface area contributed by atoms with Gasteiger partial charge in [-0.2, -0.15) is 10.2 Å². The van der Waals surface area contributed by atoms with E-state index in [0.717, 1.165) is 31.2 Å². The van der Waals surface area contributed by atoms with Crippen LogP contribution in [-0.2, 0) is 11.2 Å². The average molecular weight is 416 g/mol. The summed E-state index contributed by atoms with van der Waals surface area (Å²) >= 11 is 5.81. The Morgan fingerprint density at radius 3 is 2.76 bits per heavy atom. The van der Waals surface area contributed by atoms with Gasteiger partial charge in [0.15, 0.2) is 0 Å². The number of halogens is 2. The van der Waals surface area contributed by atoms with Crippen LogP contribution in [0.1, 0.15) is 43.7 Å². The van der Waals surface area contributed by atoms with Crippen molar-refractivity contribution in [3.63, 3.8) is 0 Å². The van der Waals surface area contributed by atoms with E-state index in [-0.39, 0.29) is 22.8 Å². The number of benzene rings is 1. The van der Waals surface area contributed by atoms with E-state index < -0.39 is 5.82 Å². The van der Waals surface area contributed by atoms with Crippen LogP contribution in [0, 0.1) is 23.1 Å². The SMILES string of the molecule is CC(=O)[C@H]1CC[C@@H](Nc2nc(NCCc3ccc(F)c(Cl)c3)ncc2C#N)CC1. The number of carbonyl (C=O) groups is 1. The van der Waals surface area contributed by atoms with Crippen molar-refractivity contribution < 1.29 is 9.18 Å². The van der Waals surface area contributed by atoms with Gasteiger partial charge in [0, 0.05) is 18.5 Å². The lowest BCUT2D eigenvalue weighted by molar-refractivity contribution is -0.121. The van der Waals surface area contributed by atoms with Crippen LogP contribution in [0.15, 0.2) is 24.4 Å². The summed E-state index contributed by atoms with van der Waals surface area (Å²) in [6, 6.07) is 6.93. The predicted molar refractivity (Wildman–Crippen MR) is 110 cm³/mol. The Morgan fingerprint density at radius 1 is 1.34 bits per heavy atom. The second-order valence-corrected chi connectivity index (χ2v) is 7.70. The molecule has 0 aliphatic heterocycles. The molecule has 152 valence electrons. The monoisotopic (exact) mass is 415 g/mol. The molecular formula is C21H23ClFN5O. The van der Waals surface area contributed by atoms with Crippen LogP contribution < -0.4 is 10.6 Å². The smallest absolute Gasteiger partial charge is 0.224 e. The molecule has 0 unspecified atom stereocenters. The minimum atomic E-state index is -0.438. The molecule has 1 aliphatic carbocycles. The molecule has 0 bridgehead atoms. The van der Waals surface area contributed by atoms with Crippen molar-refractivity contribution >= 4 is 29.2 Å². The van der Waals surface area contributed by atoms with Gasteiger partial charge in [-0.1, -0.05) is 17.7 Å². The van der Waals surface area contributed by atoms with Crippen LogP contribution >= 0.6 is 11.6 Å². The fourth-order valence-corrected chi connectivity index (χ4v) is 3.71. The lowest BCUT2D eigenvalue weighted by Gasteiger charge is -2.28. The Morgan fingerprint density at radius 2 is 2.10 bits per heavy atom. The van der Waals surface area contributed by atoms with E-state index >= 15 is 0 Å². The summed E-state index contributed by atoms with van der Waals surface area (Å²) in [5.74, 6) is 0.869. The van der Waals surface area contributed by atoms with E-state index in [1.165, 1.54) is 12.3 Å². The second kappa shape index (κ2) is 9.66. The molecule has 6 nitrogen and oxygen atoms in total. The van der Waals surface area contributed by atoms with Crippen molar-refractivity contribution in [1.29, 1.82) is 5.26 Å². The summed E-state index contributed by atoms with van der Waals surface area (Å²) < 4.78 is 13.2. The molecule has 0 spiro atoms. The summed E-state index contributed by atoms with van der Waals surface area (Å²) in [5, 5.41) is 15.9. The minimum Gasteiger partial charge on any atom is -0.366 e. The molecule has 0 amide bonds. The van der Waals surface area contributed by atoms with Gasteiger partial charge in [0.2, 0.25) is 5.95 Å². The van der Waals surface area contributed by atoms with Crippen LogP contribution in [0.5, 0.6) is 0 Å². The zero-order chi connectivity index (χ0) is 20.8. The average Bonchev–Trinajstić information content (AvgIpc) is 2.71. The van der Waals surface area contributed by atoms with Crippen LogP contribution in [0.2, 0.25) is 5.02 Å². The highest BCUT2D eigenvalue weighted by Crippen LogP contribution is 2.27. The van der Waals surface area contributed by atoms with Gasteiger partial charge in [0.1, 0.15) is 29.1 Å². The Kier molecular flexibility index (Phi) is 6.99. The molecule has 0 saturated heterocycles. The molecule has 3 rings (SSSR count). The van der Waals surface area contributed by atoms with Crippen LogP contribution in [0.4, 0.5) is 16.2 Å². The number of nitrogens with one attached hydrogen (secondary N) is 2. The lowest BCUT2D eigenvalue weighted by Crippen LogP contribution is -2.29. The molecule has 1 fully saturated rings. The zero-order valence-corrected chi connectivity index (χ0v) is 17.0. The highest BCUT2D eigenvalue weighted by Gasteiger charge is 2.24. The van der Waals surface area contributed by atoms with E-state index in [1.807, 2.05) is 0 Å². The largest absolute Gasteiger partial charge is 0.366 e. The molecule has 1 heterocycles. The molecule has 1 aliphatic rings. The lowest BCUT2D eigenvalue weighted by atomic mass is 9.84. The van der Waals surface area contributed by atoms with Crippen LogP contribution in [0.25, 0.3) is 0 Å². The molecule has 0 atom stereocenters. The van der Waals surface area contributed by atoms with Gasteiger partial charge in [-0.05, 0) is 56.7 Å². The van der Waals surface area contributed by atoms with E-state index in [4.69, 9.17) is 11.6 Å². The van der Waals surface area contributed by atoms with Crippen molar-refractivity contribution in [3.05, 3.63) is 46.4 Å². The number of carbonyl (C=O) groups excluding carboxylic acids is 1. The molecule has 0 radical (unpaired) electrons. The number of nitrogens with zero attached hydrogens (tertiary/aromatic N) is 3. The summed E-state index contributed by atoms with van der Waals surface area (Å²) in [4.78, 5) is 20.2. The molecule has 29 heavy (non-hydrogen) atoms. The third-order valence-corrected chi connectivity index (χ3v) is 5.52. The number of anilines is 2.